The third-order valence-corrected chi connectivity index (χ3v) is 12.2. The lowest BCUT2D eigenvalue weighted by atomic mass is 9.33. The molecule has 0 amide bonds. The number of rotatable bonds is 2. The van der Waals surface area contributed by atoms with Crippen molar-refractivity contribution in [3.63, 3.8) is 0 Å². The topological polar surface area (TPSA) is 71.4 Å². The Kier molecular flexibility index (Phi) is 4.83. The van der Waals surface area contributed by atoms with Crippen molar-refractivity contribution in [2.45, 2.75) is 92.4 Å². The number of aliphatic carboxylic acids is 1. The zero-order valence-corrected chi connectivity index (χ0v) is 21.0. The van der Waals surface area contributed by atoms with Crippen LogP contribution in [0.4, 0.5) is 0 Å². The predicted octanol–water partition coefficient (Wildman–Crippen LogP) is 6.15. The molecular formula is C29H40O4. The normalized spacial score (nSPS) is 51.2. The molecule has 0 radical (unpaired) electrons. The van der Waals surface area contributed by atoms with Crippen LogP contribution >= 0.6 is 0 Å². The first-order valence-corrected chi connectivity index (χ1v) is 13.0. The second kappa shape index (κ2) is 6.92. The Morgan fingerprint density at radius 2 is 1.82 bits per heavy atom. The number of carboxylic acids is 1. The van der Waals surface area contributed by atoms with Crippen molar-refractivity contribution in [2.24, 2.45) is 44.8 Å². The molecule has 0 spiro atoms. The highest BCUT2D eigenvalue weighted by atomic mass is 16.4. The van der Waals surface area contributed by atoms with Crippen molar-refractivity contribution >= 4 is 18.0 Å². The van der Waals surface area contributed by atoms with E-state index in [1.165, 1.54) is 5.57 Å². The second-order valence-electron chi connectivity index (χ2n) is 13.3. The number of Topliss-reactive ketones (excluding diaryl/α,β-unsaturated/α-hetero) is 1. The molecule has 0 aromatic rings. The average Bonchev–Trinajstić information content (AvgIpc) is 2.75. The van der Waals surface area contributed by atoms with Crippen molar-refractivity contribution in [1.82, 2.24) is 0 Å². The molecule has 0 saturated heterocycles. The fourth-order valence-electron chi connectivity index (χ4n) is 9.48. The van der Waals surface area contributed by atoms with E-state index in [9.17, 15) is 19.5 Å². The first-order valence-electron chi connectivity index (χ1n) is 13.0. The first kappa shape index (κ1) is 23.1. The minimum atomic E-state index is -0.601. The van der Waals surface area contributed by atoms with E-state index < -0.39 is 11.4 Å². The zero-order chi connectivity index (χ0) is 24.0. The van der Waals surface area contributed by atoms with Crippen LogP contribution in [0.5, 0.6) is 0 Å². The van der Waals surface area contributed by atoms with E-state index in [-0.39, 0.29) is 33.4 Å². The monoisotopic (exact) mass is 452 g/mol. The van der Waals surface area contributed by atoms with Crippen LogP contribution in [0.3, 0.4) is 0 Å². The molecule has 5 rings (SSSR count). The fraction of sp³-hybridized carbons (Fsp3) is 0.759. The van der Waals surface area contributed by atoms with Crippen LogP contribution in [0.1, 0.15) is 92.4 Å². The largest absolute Gasteiger partial charge is 0.481 e. The highest BCUT2D eigenvalue weighted by molar-refractivity contribution is 6.12. The van der Waals surface area contributed by atoms with Gasteiger partial charge in [0.1, 0.15) is 0 Å². The van der Waals surface area contributed by atoms with E-state index in [1.54, 1.807) is 0 Å². The standard InChI is InChI=1S/C29H40O4/c1-18-8-9-29(24(32)33)13-12-26(3)20(21(29)14-18)6-7-23-27(26,4)11-10-25(2)16-22(31)19(17-30)15-28(23,25)5/h6,15,17-18,21,23H,7-14,16H2,1-5H3,(H,32,33)/t18?,21?,23?,25?,26-,27?,28?,29?/m1/s1. The van der Waals surface area contributed by atoms with Crippen LogP contribution < -0.4 is 0 Å². The van der Waals surface area contributed by atoms with Gasteiger partial charge in [-0.3, -0.25) is 14.4 Å². The van der Waals surface area contributed by atoms with Gasteiger partial charge < -0.3 is 5.11 Å². The van der Waals surface area contributed by atoms with E-state index in [1.807, 2.05) is 6.08 Å². The maximum atomic E-state index is 12.7. The Morgan fingerprint density at radius 3 is 2.48 bits per heavy atom. The molecule has 3 fully saturated rings. The maximum absolute atomic E-state index is 12.7. The van der Waals surface area contributed by atoms with Crippen LogP contribution in [0.15, 0.2) is 23.3 Å². The summed E-state index contributed by atoms with van der Waals surface area (Å²) in [6.45, 7) is 11.7. The lowest BCUT2D eigenvalue weighted by Gasteiger charge is -2.70. The fourth-order valence-corrected chi connectivity index (χ4v) is 9.48. The number of ketones is 1. The Labute approximate surface area is 198 Å². The summed E-state index contributed by atoms with van der Waals surface area (Å²) in [5.74, 6) is 0.421. The van der Waals surface area contributed by atoms with Gasteiger partial charge in [0.15, 0.2) is 12.1 Å². The number of carbonyl (C=O) groups is 3. The summed E-state index contributed by atoms with van der Waals surface area (Å²) in [6, 6.07) is 0. The summed E-state index contributed by atoms with van der Waals surface area (Å²) in [5, 5.41) is 10.4. The summed E-state index contributed by atoms with van der Waals surface area (Å²) in [4.78, 5) is 37.1. The van der Waals surface area contributed by atoms with Gasteiger partial charge in [0, 0.05) is 6.42 Å². The number of allylic oxidation sites excluding steroid dienone is 4. The van der Waals surface area contributed by atoms with Gasteiger partial charge in [0.2, 0.25) is 0 Å². The van der Waals surface area contributed by atoms with Gasteiger partial charge in [-0.1, -0.05) is 52.3 Å². The Balaban J connectivity index is 1.65. The van der Waals surface area contributed by atoms with Crippen molar-refractivity contribution in [3.8, 4) is 0 Å². The van der Waals surface area contributed by atoms with Gasteiger partial charge in [-0.25, -0.2) is 0 Å². The Bertz CT molecular complexity index is 992. The molecule has 5 aliphatic carbocycles. The van der Waals surface area contributed by atoms with Crippen LogP contribution in [-0.2, 0) is 14.4 Å². The molecule has 8 atom stereocenters. The number of aldehydes is 1. The number of carbonyl (C=O) groups excluding carboxylic acids is 2. The molecule has 4 nitrogen and oxygen atoms in total. The summed E-state index contributed by atoms with van der Waals surface area (Å²) in [6.07, 6.45) is 13.1. The van der Waals surface area contributed by atoms with Crippen molar-refractivity contribution in [2.75, 3.05) is 0 Å². The van der Waals surface area contributed by atoms with E-state index >= 15 is 0 Å². The molecule has 5 aliphatic rings. The molecular weight excluding hydrogens is 412 g/mol. The third-order valence-electron chi connectivity index (χ3n) is 12.2. The van der Waals surface area contributed by atoms with Crippen molar-refractivity contribution in [3.05, 3.63) is 23.3 Å². The zero-order valence-electron chi connectivity index (χ0n) is 21.0. The minimum absolute atomic E-state index is 0.00747. The smallest absolute Gasteiger partial charge is 0.310 e. The summed E-state index contributed by atoms with van der Waals surface area (Å²) < 4.78 is 0. The lowest BCUT2D eigenvalue weighted by Crippen LogP contribution is -2.64. The van der Waals surface area contributed by atoms with Crippen LogP contribution in [0.2, 0.25) is 0 Å². The maximum Gasteiger partial charge on any atom is 0.310 e. The Hall–Kier alpha value is -1.71. The molecule has 1 N–H and O–H groups in total. The summed E-state index contributed by atoms with van der Waals surface area (Å²) in [5.41, 5.74) is 0.779. The molecule has 3 saturated carbocycles. The van der Waals surface area contributed by atoms with Gasteiger partial charge in [-0.05, 0) is 90.8 Å². The van der Waals surface area contributed by atoms with Gasteiger partial charge in [0.05, 0.1) is 11.0 Å². The molecule has 0 aliphatic heterocycles. The van der Waals surface area contributed by atoms with Gasteiger partial charge in [-0.2, -0.15) is 0 Å². The van der Waals surface area contributed by atoms with Crippen LogP contribution in [0.25, 0.3) is 0 Å². The molecule has 7 unspecified atom stereocenters. The van der Waals surface area contributed by atoms with E-state index in [4.69, 9.17) is 0 Å². The van der Waals surface area contributed by atoms with Crippen molar-refractivity contribution in [1.29, 1.82) is 0 Å². The molecule has 0 heterocycles. The molecule has 0 aromatic carbocycles. The number of hydrogen-bond donors (Lipinski definition) is 1. The predicted molar refractivity (Wildman–Crippen MR) is 127 cm³/mol. The molecule has 4 heteroatoms. The van der Waals surface area contributed by atoms with E-state index in [2.05, 4.69) is 40.7 Å². The van der Waals surface area contributed by atoms with E-state index in [0.717, 1.165) is 57.7 Å². The van der Waals surface area contributed by atoms with E-state index in [0.29, 0.717) is 23.8 Å². The second-order valence-corrected chi connectivity index (χ2v) is 13.3. The quantitative estimate of drug-likeness (QED) is 0.310. The molecule has 180 valence electrons. The molecule has 0 aromatic heterocycles. The minimum Gasteiger partial charge on any atom is -0.481 e. The van der Waals surface area contributed by atoms with Gasteiger partial charge in [0.25, 0.3) is 0 Å². The van der Waals surface area contributed by atoms with Crippen LogP contribution in [-0.4, -0.2) is 23.1 Å². The highest BCUT2D eigenvalue weighted by Gasteiger charge is 2.69. The SMILES string of the molecule is CC1CCC2(C(=O)O)CC[C@]3(C)C(=CCC4C5(C)C=C(C=O)C(=O)CC5(C)CCC43C)C2C1. The summed E-state index contributed by atoms with van der Waals surface area (Å²) in [7, 11) is 0. The molecule has 0 bridgehead atoms. The Morgan fingerprint density at radius 1 is 1.09 bits per heavy atom. The van der Waals surface area contributed by atoms with Gasteiger partial charge in [-0.15, -0.1) is 0 Å². The average molecular weight is 453 g/mol. The van der Waals surface area contributed by atoms with Gasteiger partial charge >= 0.3 is 5.97 Å². The number of carboxylic acid groups (broad SMARTS) is 1. The highest BCUT2D eigenvalue weighted by Crippen LogP contribution is 2.75. The number of fused-ring (bicyclic) bond motifs is 7. The summed E-state index contributed by atoms with van der Waals surface area (Å²) >= 11 is 0. The lowest BCUT2D eigenvalue weighted by molar-refractivity contribution is -0.175. The third kappa shape index (κ3) is 2.67. The first-order chi connectivity index (χ1) is 15.4. The van der Waals surface area contributed by atoms with Crippen LogP contribution in [0, 0.1) is 44.8 Å². The van der Waals surface area contributed by atoms with Crippen molar-refractivity contribution < 1.29 is 19.5 Å². The number of hydrogen-bond acceptors (Lipinski definition) is 3. The molecule has 33 heavy (non-hydrogen) atoms.